The largest absolute Gasteiger partial charge is 0.354 e. The second kappa shape index (κ2) is 8.33. The molecule has 0 radical (unpaired) electrons. The Morgan fingerprint density at radius 3 is 2.67 bits per heavy atom. The van der Waals surface area contributed by atoms with E-state index in [0.29, 0.717) is 24.7 Å². The maximum Gasteiger partial charge on any atom is 0.242 e. The van der Waals surface area contributed by atoms with Crippen molar-refractivity contribution in [2.75, 3.05) is 6.54 Å². The molecule has 1 N–H and O–H groups in total. The molecule has 1 aromatic carbocycles. The van der Waals surface area contributed by atoms with Gasteiger partial charge in [-0.25, -0.2) is 4.98 Å². The summed E-state index contributed by atoms with van der Waals surface area (Å²) in [5.41, 5.74) is 1.91. The molecule has 0 saturated carbocycles. The van der Waals surface area contributed by atoms with Crippen LogP contribution >= 0.6 is 0 Å². The van der Waals surface area contributed by atoms with E-state index >= 15 is 0 Å². The number of carbonyl (C=O) groups excluding carboxylic acids is 1. The van der Waals surface area contributed by atoms with E-state index in [1.54, 1.807) is 0 Å². The zero-order chi connectivity index (χ0) is 19.4. The van der Waals surface area contributed by atoms with Gasteiger partial charge in [0.1, 0.15) is 11.9 Å². The second-order valence-corrected chi connectivity index (χ2v) is 7.05. The molecule has 2 heterocycles. The Labute approximate surface area is 159 Å². The summed E-state index contributed by atoms with van der Waals surface area (Å²) in [6.45, 7) is 8.51. The molecule has 0 unspecified atom stereocenters. The fraction of sp³-hybridized carbons (Fsp3) is 0.500. The van der Waals surface area contributed by atoms with Crippen LogP contribution in [0.3, 0.4) is 0 Å². The van der Waals surface area contributed by atoms with Crippen LogP contribution in [0.15, 0.2) is 28.8 Å². The van der Waals surface area contributed by atoms with Gasteiger partial charge in [-0.15, -0.1) is 0 Å². The number of rotatable bonds is 8. The molecule has 3 aromatic rings. The van der Waals surface area contributed by atoms with Gasteiger partial charge in [-0.2, -0.15) is 4.98 Å². The number of amides is 1. The second-order valence-electron chi connectivity index (χ2n) is 7.05. The van der Waals surface area contributed by atoms with Crippen LogP contribution in [0.2, 0.25) is 0 Å². The topological polar surface area (TPSA) is 85.8 Å². The zero-order valence-corrected chi connectivity index (χ0v) is 16.4. The molecular formula is C20H27N5O2. The SMILES string of the molecule is CCCc1nc2ccccc2n1[C@@H](C)C(=O)NCCc1nc(C(C)C)no1. The molecule has 0 bridgehead atoms. The molecule has 0 aliphatic heterocycles. The van der Waals surface area contributed by atoms with E-state index < -0.39 is 0 Å². The number of hydrogen-bond acceptors (Lipinski definition) is 5. The number of hydrogen-bond donors (Lipinski definition) is 1. The Morgan fingerprint density at radius 2 is 1.96 bits per heavy atom. The summed E-state index contributed by atoms with van der Waals surface area (Å²) in [6, 6.07) is 7.60. The fourth-order valence-electron chi connectivity index (χ4n) is 3.09. The molecule has 144 valence electrons. The maximum absolute atomic E-state index is 12.7. The van der Waals surface area contributed by atoms with Crippen molar-refractivity contribution in [3.05, 3.63) is 41.8 Å². The van der Waals surface area contributed by atoms with Crippen LogP contribution in [0.1, 0.15) is 63.6 Å². The molecule has 0 spiro atoms. The lowest BCUT2D eigenvalue weighted by Gasteiger charge is -2.17. The molecule has 0 aliphatic carbocycles. The summed E-state index contributed by atoms with van der Waals surface area (Å²) < 4.78 is 7.26. The maximum atomic E-state index is 12.7. The Balaban J connectivity index is 1.68. The minimum absolute atomic E-state index is 0.0425. The monoisotopic (exact) mass is 369 g/mol. The number of aromatic nitrogens is 4. The quantitative estimate of drug-likeness (QED) is 0.657. The van der Waals surface area contributed by atoms with Crippen LogP contribution in [0.5, 0.6) is 0 Å². The molecule has 3 rings (SSSR count). The smallest absolute Gasteiger partial charge is 0.242 e. The number of fused-ring (bicyclic) bond motifs is 1. The molecule has 2 aromatic heterocycles. The first kappa shape index (κ1) is 19.1. The number of nitrogens with zero attached hydrogens (tertiary/aromatic N) is 4. The van der Waals surface area contributed by atoms with Crippen LogP contribution < -0.4 is 5.32 Å². The summed E-state index contributed by atoms with van der Waals surface area (Å²) in [5.74, 6) is 2.37. The average Bonchev–Trinajstić information content (AvgIpc) is 3.26. The lowest BCUT2D eigenvalue weighted by molar-refractivity contribution is -0.123. The molecular weight excluding hydrogens is 342 g/mol. The van der Waals surface area contributed by atoms with Gasteiger partial charge in [-0.1, -0.05) is 38.1 Å². The average molecular weight is 369 g/mol. The number of imidazole rings is 1. The Hall–Kier alpha value is -2.70. The van der Waals surface area contributed by atoms with Gasteiger partial charge in [0, 0.05) is 25.3 Å². The Bertz CT molecular complexity index is 912. The molecule has 7 heteroatoms. The van der Waals surface area contributed by atoms with E-state index in [2.05, 4.69) is 22.4 Å². The fourth-order valence-corrected chi connectivity index (χ4v) is 3.09. The lowest BCUT2D eigenvalue weighted by atomic mass is 10.2. The highest BCUT2D eigenvalue weighted by Crippen LogP contribution is 2.22. The first-order valence-corrected chi connectivity index (χ1v) is 9.57. The van der Waals surface area contributed by atoms with Gasteiger partial charge in [0.05, 0.1) is 11.0 Å². The molecule has 0 saturated heterocycles. The van der Waals surface area contributed by atoms with Crippen LogP contribution in [0.4, 0.5) is 0 Å². The number of benzene rings is 1. The van der Waals surface area contributed by atoms with Crippen LogP contribution in [-0.2, 0) is 17.6 Å². The molecule has 27 heavy (non-hydrogen) atoms. The van der Waals surface area contributed by atoms with Gasteiger partial charge in [0.2, 0.25) is 11.8 Å². The third-order valence-electron chi connectivity index (χ3n) is 4.55. The van der Waals surface area contributed by atoms with Crippen molar-refractivity contribution in [1.82, 2.24) is 25.0 Å². The number of aryl methyl sites for hydroxylation is 1. The number of carbonyl (C=O) groups is 1. The summed E-state index contributed by atoms with van der Waals surface area (Å²) in [4.78, 5) is 21.8. The predicted molar refractivity (Wildman–Crippen MR) is 104 cm³/mol. The molecule has 0 fully saturated rings. The van der Waals surface area contributed by atoms with Crippen molar-refractivity contribution in [3.8, 4) is 0 Å². The molecule has 0 aliphatic rings. The van der Waals surface area contributed by atoms with Gasteiger partial charge in [-0.3, -0.25) is 4.79 Å². The van der Waals surface area contributed by atoms with Crippen LogP contribution in [-0.4, -0.2) is 32.1 Å². The highest BCUT2D eigenvalue weighted by atomic mass is 16.5. The summed E-state index contributed by atoms with van der Waals surface area (Å²) >= 11 is 0. The van der Waals surface area contributed by atoms with Crippen molar-refractivity contribution in [2.24, 2.45) is 0 Å². The van der Waals surface area contributed by atoms with Crippen LogP contribution in [0.25, 0.3) is 11.0 Å². The van der Waals surface area contributed by atoms with Crippen molar-refractivity contribution >= 4 is 16.9 Å². The first-order valence-electron chi connectivity index (χ1n) is 9.57. The normalized spacial score (nSPS) is 12.6. The molecule has 1 atom stereocenters. The lowest BCUT2D eigenvalue weighted by Crippen LogP contribution is -2.33. The predicted octanol–water partition coefficient (Wildman–Crippen LogP) is 3.42. The van der Waals surface area contributed by atoms with E-state index in [1.807, 2.05) is 49.6 Å². The number of nitrogens with one attached hydrogen (secondary N) is 1. The summed E-state index contributed by atoms with van der Waals surface area (Å²) in [5, 5.41) is 6.92. The number of para-hydroxylation sites is 2. The van der Waals surface area contributed by atoms with Crippen molar-refractivity contribution in [2.45, 2.75) is 58.9 Å². The minimum Gasteiger partial charge on any atom is -0.354 e. The van der Waals surface area contributed by atoms with E-state index in [4.69, 9.17) is 9.51 Å². The van der Waals surface area contributed by atoms with Crippen molar-refractivity contribution in [1.29, 1.82) is 0 Å². The first-order chi connectivity index (χ1) is 13.0. The third-order valence-corrected chi connectivity index (χ3v) is 4.55. The molecule has 7 nitrogen and oxygen atoms in total. The van der Waals surface area contributed by atoms with Gasteiger partial charge in [0.15, 0.2) is 5.82 Å². The van der Waals surface area contributed by atoms with Crippen molar-refractivity contribution in [3.63, 3.8) is 0 Å². The van der Waals surface area contributed by atoms with Crippen LogP contribution in [0, 0.1) is 0 Å². The summed E-state index contributed by atoms with van der Waals surface area (Å²) in [7, 11) is 0. The Morgan fingerprint density at radius 1 is 1.19 bits per heavy atom. The highest BCUT2D eigenvalue weighted by Gasteiger charge is 2.21. The van der Waals surface area contributed by atoms with E-state index in [0.717, 1.165) is 29.7 Å². The zero-order valence-electron chi connectivity index (χ0n) is 16.4. The summed E-state index contributed by atoms with van der Waals surface area (Å²) in [6.07, 6.45) is 2.34. The van der Waals surface area contributed by atoms with E-state index in [1.165, 1.54) is 0 Å². The third kappa shape index (κ3) is 4.18. The van der Waals surface area contributed by atoms with Gasteiger partial charge < -0.3 is 14.4 Å². The highest BCUT2D eigenvalue weighted by molar-refractivity contribution is 5.84. The van der Waals surface area contributed by atoms with E-state index in [-0.39, 0.29) is 17.9 Å². The van der Waals surface area contributed by atoms with Crippen molar-refractivity contribution < 1.29 is 9.32 Å². The molecule has 1 amide bonds. The van der Waals surface area contributed by atoms with E-state index in [9.17, 15) is 4.79 Å². The van der Waals surface area contributed by atoms with Gasteiger partial charge >= 0.3 is 0 Å². The standard InChI is InChI=1S/C20H27N5O2/c1-5-8-17-22-15-9-6-7-10-16(15)25(17)14(4)20(26)21-12-11-18-23-19(13(2)3)24-27-18/h6-7,9-10,13-14H,5,8,11-12H2,1-4H3,(H,21,26)/t14-/m0/s1. The Kier molecular flexibility index (Phi) is 5.88. The van der Waals surface area contributed by atoms with Gasteiger partial charge in [-0.05, 0) is 25.5 Å². The van der Waals surface area contributed by atoms with Gasteiger partial charge in [0.25, 0.3) is 0 Å². The minimum atomic E-state index is -0.340.